The van der Waals surface area contributed by atoms with Crippen LogP contribution in [0.15, 0.2) is 71.5 Å². The van der Waals surface area contributed by atoms with Crippen molar-refractivity contribution in [2.24, 2.45) is 0 Å². The number of halogens is 1. The average Bonchev–Trinajstić information content (AvgIpc) is 3.22. The number of thiazole rings is 1. The van der Waals surface area contributed by atoms with Crippen LogP contribution in [0.2, 0.25) is 5.02 Å². The molecule has 0 atom stereocenters. The molecule has 0 bridgehead atoms. The van der Waals surface area contributed by atoms with Gasteiger partial charge in [0.1, 0.15) is 11.5 Å². The number of ketones is 1. The van der Waals surface area contributed by atoms with Gasteiger partial charge in [0.15, 0.2) is 5.78 Å². The molecular formula is C28H26ClNO5S. The number of carbonyl (C=O) groups is 1. The fourth-order valence-corrected chi connectivity index (χ4v) is 4.62. The maximum Gasteiger partial charge on any atom is 0.307 e. The standard InChI is InChI=1S/C28H26ClNO5S/c1-2-5-19-16-20(25(31)18-8-11-22(29)12-9-18)10-13-24(19)35-15-4-14-34-23-7-3-6-21(17-23)26-27(32)30-28(33)36-26/h3,6-13,16-17,32H,2,4-5,14-15H2,1H3,(H,30,33). The first-order valence-corrected chi connectivity index (χ1v) is 12.9. The number of carbonyl (C=O) groups excluding carboxylic acids is 1. The normalized spacial score (nSPS) is 10.8. The number of aryl methyl sites for hydroxylation is 1. The van der Waals surface area contributed by atoms with Gasteiger partial charge in [-0.1, -0.05) is 48.4 Å². The molecule has 0 radical (unpaired) electrons. The van der Waals surface area contributed by atoms with Gasteiger partial charge in [-0.2, -0.15) is 0 Å². The first-order valence-electron chi connectivity index (χ1n) is 11.7. The van der Waals surface area contributed by atoms with Gasteiger partial charge >= 0.3 is 4.87 Å². The Hall–Kier alpha value is -3.55. The third-order valence-electron chi connectivity index (χ3n) is 5.49. The number of hydrogen-bond donors (Lipinski definition) is 2. The molecule has 1 heterocycles. The molecule has 0 aliphatic heterocycles. The molecule has 0 unspecified atom stereocenters. The van der Waals surface area contributed by atoms with E-state index < -0.39 is 0 Å². The number of aromatic amines is 1. The fourth-order valence-electron chi connectivity index (χ4n) is 3.77. The van der Waals surface area contributed by atoms with Crippen LogP contribution in [0, 0.1) is 0 Å². The first-order chi connectivity index (χ1) is 17.4. The number of ether oxygens (including phenoxy) is 2. The van der Waals surface area contributed by atoms with Crippen LogP contribution in [0.3, 0.4) is 0 Å². The van der Waals surface area contributed by atoms with Crippen LogP contribution in [-0.2, 0) is 6.42 Å². The summed E-state index contributed by atoms with van der Waals surface area (Å²) < 4.78 is 11.9. The monoisotopic (exact) mass is 523 g/mol. The molecule has 8 heteroatoms. The molecule has 0 fully saturated rings. The van der Waals surface area contributed by atoms with Gasteiger partial charge < -0.3 is 14.6 Å². The van der Waals surface area contributed by atoms with E-state index in [-0.39, 0.29) is 16.5 Å². The number of aromatic nitrogens is 1. The summed E-state index contributed by atoms with van der Waals surface area (Å²) in [6, 6.07) is 19.7. The lowest BCUT2D eigenvalue weighted by atomic mass is 9.99. The molecule has 0 saturated heterocycles. The Labute approximate surface area is 218 Å². The van der Waals surface area contributed by atoms with Crippen LogP contribution >= 0.6 is 22.9 Å². The summed E-state index contributed by atoms with van der Waals surface area (Å²) in [5.41, 5.74) is 2.92. The van der Waals surface area contributed by atoms with E-state index in [0.717, 1.165) is 35.5 Å². The smallest absolute Gasteiger partial charge is 0.307 e. The van der Waals surface area contributed by atoms with Crippen molar-refractivity contribution in [3.63, 3.8) is 0 Å². The van der Waals surface area contributed by atoms with Gasteiger partial charge in [-0.3, -0.25) is 14.6 Å². The van der Waals surface area contributed by atoms with E-state index >= 15 is 0 Å². The third-order valence-corrected chi connectivity index (χ3v) is 6.66. The van der Waals surface area contributed by atoms with Crippen molar-refractivity contribution in [3.05, 3.63) is 98.1 Å². The van der Waals surface area contributed by atoms with Crippen molar-refractivity contribution in [3.8, 4) is 27.8 Å². The molecule has 4 rings (SSSR count). The van der Waals surface area contributed by atoms with Crippen molar-refractivity contribution in [2.45, 2.75) is 26.2 Å². The number of aromatic hydroxyl groups is 1. The molecule has 0 saturated carbocycles. The van der Waals surface area contributed by atoms with Gasteiger partial charge in [0.05, 0.1) is 18.1 Å². The van der Waals surface area contributed by atoms with Crippen molar-refractivity contribution < 1.29 is 19.4 Å². The largest absolute Gasteiger partial charge is 0.493 e. The summed E-state index contributed by atoms with van der Waals surface area (Å²) in [7, 11) is 0. The molecule has 0 amide bonds. The van der Waals surface area contributed by atoms with Gasteiger partial charge in [-0.25, -0.2) is 0 Å². The van der Waals surface area contributed by atoms with E-state index in [2.05, 4.69) is 11.9 Å². The van der Waals surface area contributed by atoms with Crippen molar-refractivity contribution in [1.29, 1.82) is 0 Å². The Balaban J connectivity index is 1.33. The van der Waals surface area contributed by atoms with Gasteiger partial charge in [0, 0.05) is 28.1 Å². The third kappa shape index (κ3) is 6.36. The fraction of sp³-hybridized carbons (Fsp3) is 0.214. The van der Waals surface area contributed by atoms with Crippen LogP contribution in [-0.4, -0.2) is 29.1 Å². The zero-order valence-electron chi connectivity index (χ0n) is 19.8. The van der Waals surface area contributed by atoms with E-state index in [1.54, 1.807) is 36.4 Å². The van der Waals surface area contributed by atoms with Gasteiger partial charge in [-0.05, 0) is 66.6 Å². The summed E-state index contributed by atoms with van der Waals surface area (Å²) in [5, 5.41) is 10.5. The zero-order chi connectivity index (χ0) is 25.5. The summed E-state index contributed by atoms with van der Waals surface area (Å²) in [4.78, 5) is 26.9. The van der Waals surface area contributed by atoms with Gasteiger partial charge in [0.2, 0.25) is 5.88 Å². The second-order valence-electron chi connectivity index (χ2n) is 8.18. The predicted molar refractivity (Wildman–Crippen MR) is 143 cm³/mol. The van der Waals surface area contributed by atoms with E-state index in [1.807, 2.05) is 30.3 Å². The van der Waals surface area contributed by atoms with E-state index in [1.165, 1.54) is 0 Å². The second kappa shape index (κ2) is 11.9. The highest BCUT2D eigenvalue weighted by Gasteiger charge is 2.13. The number of rotatable bonds is 11. The lowest BCUT2D eigenvalue weighted by molar-refractivity contribution is 0.103. The molecule has 1 aromatic heterocycles. The first kappa shape index (κ1) is 25.5. The van der Waals surface area contributed by atoms with Gasteiger partial charge in [0.25, 0.3) is 0 Å². The summed E-state index contributed by atoms with van der Waals surface area (Å²) in [6.45, 7) is 2.99. The molecule has 6 nitrogen and oxygen atoms in total. The summed E-state index contributed by atoms with van der Waals surface area (Å²) in [5.74, 6) is 1.22. The quantitative estimate of drug-likeness (QED) is 0.173. The number of hydrogen-bond acceptors (Lipinski definition) is 6. The van der Waals surface area contributed by atoms with Gasteiger partial charge in [-0.15, -0.1) is 0 Å². The van der Waals surface area contributed by atoms with Crippen LogP contribution in [0.25, 0.3) is 10.4 Å². The van der Waals surface area contributed by atoms with E-state index in [9.17, 15) is 14.7 Å². The molecule has 0 spiro atoms. The second-order valence-corrected chi connectivity index (χ2v) is 9.60. The van der Waals surface area contributed by atoms with Crippen LogP contribution in [0.1, 0.15) is 41.3 Å². The Morgan fingerprint density at radius 2 is 1.75 bits per heavy atom. The highest BCUT2D eigenvalue weighted by molar-refractivity contribution is 7.13. The zero-order valence-corrected chi connectivity index (χ0v) is 21.3. The molecular weight excluding hydrogens is 498 g/mol. The van der Waals surface area contributed by atoms with Crippen molar-refractivity contribution >= 4 is 28.7 Å². The lowest BCUT2D eigenvalue weighted by Gasteiger charge is -2.13. The lowest BCUT2D eigenvalue weighted by Crippen LogP contribution is -2.07. The minimum atomic E-state index is -0.309. The maximum absolute atomic E-state index is 12.9. The Kier molecular flexibility index (Phi) is 8.46. The van der Waals surface area contributed by atoms with Crippen molar-refractivity contribution in [1.82, 2.24) is 4.98 Å². The molecule has 4 aromatic rings. The number of H-pyrrole nitrogens is 1. The Morgan fingerprint density at radius 3 is 2.47 bits per heavy atom. The summed E-state index contributed by atoms with van der Waals surface area (Å²) >= 11 is 6.89. The SMILES string of the molecule is CCCc1cc(C(=O)c2ccc(Cl)cc2)ccc1OCCCOc1cccc(-c2sc(=O)[nH]c2O)c1. The molecule has 186 valence electrons. The average molecular weight is 524 g/mol. The van der Waals surface area contributed by atoms with E-state index in [0.29, 0.717) is 52.0 Å². The maximum atomic E-state index is 12.9. The summed E-state index contributed by atoms with van der Waals surface area (Å²) in [6.07, 6.45) is 2.39. The molecule has 3 aromatic carbocycles. The van der Waals surface area contributed by atoms with Crippen LogP contribution in [0.4, 0.5) is 0 Å². The minimum Gasteiger partial charge on any atom is -0.493 e. The molecule has 0 aliphatic rings. The van der Waals surface area contributed by atoms with Crippen molar-refractivity contribution in [2.75, 3.05) is 13.2 Å². The number of nitrogens with one attached hydrogen (secondary N) is 1. The topological polar surface area (TPSA) is 88.6 Å². The highest BCUT2D eigenvalue weighted by Crippen LogP contribution is 2.32. The molecule has 36 heavy (non-hydrogen) atoms. The molecule has 0 aliphatic carbocycles. The minimum absolute atomic E-state index is 0.0496. The predicted octanol–water partition coefficient (Wildman–Crippen LogP) is 6.49. The van der Waals surface area contributed by atoms with Crippen LogP contribution in [0.5, 0.6) is 17.4 Å². The van der Waals surface area contributed by atoms with Crippen LogP contribution < -0.4 is 14.3 Å². The van der Waals surface area contributed by atoms with E-state index in [4.69, 9.17) is 21.1 Å². The Bertz CT molecular complexity index is 1390. The Morgan fingerprint density at radius 1 is 1.00 bits per heavy atom. The number of benzene rings is 3. The molecule has 2 N–H and O–H groups in total. The highest BCUT2D eigenvalue weighted by atomic mass is 35.5.